The number of aromatic nitrogens is 2. The minimum Gasteiger partial charge on any atom is -0.381 e. The highest BCUT2D eigenvalue weighted by Crippen LogP contribution is 2.19. The smallest absolute Gasteiger partial charge is 0.268 e. The summed E-state index contributed by atoms with van der Waals surface area (Å²) in [6.07, 6.45) is 5.15. The van der Waals surface area contributed by atoms with Crippen LogP contribution in [0.1, 0.15) is 26.2 Å². The Kier molecular flexibility index (Phi) is 6.11. The van der Waals surface area contributed by atoms with Crippen molar-refractivity contribution in [1.29, 1.82) is 0 Å². The second-order valence-corrected chi connectivity index (χ2v) is 5.98. The number of methoxy groups -OCH3 is 1. The van der Waals surface area contributed by atoms with Crippen LogP contribution in [0.5, 0.6) is 0 Å². The molecule has 0 bridgehead atoms. The summed E-state index contributed by atoms with van der Waals surface area (Å²) in [5.74, 6) is 1.17. The quantitative estimate of drug-likeness (QED) is 0.814. The fourth-order valence-corrected chi connectivity index (χ4v) is 3.02. The summed E-state index contributed by atoms with van der Waals surface area (Å²) in [6, 6.07) is 1.70. The monoisotopic (exact) mass is 311 g/mol. The molecule has 2 rings (SSSR count). The van der Waals surface area contributed by atoms with Crippen molar-refractivity contribution < 1.29 is 4.74 Å². The van der Waals surface area contributed by atoms with E-state index in [0.29, 0.717) is 18.6 Å². The molecule has 6 heteroatoms. The Morgan fingerprint density at radius 2 is 2.19 bits per heavy atom. The lowest BCUT2D eigenvalue weighted by Crippen LogP contribution is -2.38. The third-order valence-electron chi connectivity index (χ3n) is 4.26. The Labute approximate surface area is 131 Å². The molecule has 21 heavy (non-hydrogen) atoms. The molecule has 0 N–H and O–H groups in total. The first-order valence-corrected chi connectivity index (χ1v) is 8.27. The molecule has 1 fully saturated rings. The van der Waals surface area contributed by atoms with Gasteiger partial charge in [-0.2, -0.15) is 17.7 Å². The molecule has 0 saturated carbocycles. The Morgan fingerprint density at radius 1 is 1.48 bits per heavy atom. The summed E-state index contributed by atoms with van der Waals surface area (Å²) in [5, 5.41) is 4.33. The van der Waals surface area contributed by atoms with Gasteiger partial charge >= 0.3 is 0 Å². The number of anilines is 1. The molecule has 1 atom stereocenters. The van der Waals surface area contributed by atoms with Gasteiger partial charge in [-0.15, -0.1) is 0 Å². The van der Waals surface area contributed by atoms with Crippen LogP contribution < -0.4 is 10.5 Å². The van der Waals surface area contributed by atoms with Crippen LogP contribution in [0.15, 0.2) is 17.1 Å². The van der Waals surface area contributed by atoms with E-state index in [2.05, 4.69) is 29.6 Å². The van der Waals surface area contributed by atoms with Crippen molar-refractivity contribution in [2.45, 2.75) is 38.8 Å². The molecule has 0 aromatic carbocycles. The zero-order valence-electron chi connectivity index (χ0n) is 12.9. The number of thiol groups is 1. The standard InChI is InChI=1S/C15H25N3O2S/c1-3-12(11-21)10-18-15(19)8-13(9-16-18)17-6-4-14(20-2)5-7-17/h8-9,12,14,21H,3-7,10-11H2,1-2H3. The average molecular weight is 311 g/mol. The fourth-order valence-electron chi connectivity index (χ4n) is 2.64. The van der Waals surface area contributed by atoms with Crippen LogP contribution in [-0.2, 0) is 11.3 Å². The largest absolute Gasteiger partial charge is 0.381 e. The van der Waals surface area contributed by atoms with Crippen LogP contribution in [0, 0.1) is 5.92 Å². The molecule has 2 heterocycles. The number of piperidine rings is 1. The Hall–Kier alpha value is -1.01. The normalized spacial score (nSPS) is 18.0. The van der Waals surface area contributed by atoms with E-state index in [1.807, 2.05) is 0 Å². The first-order chi connectivity index (χ1) is 10.2. The number of hydrogen-bond acceptors (Lipinski definition) is 5. The highest BCUT2D eigenvalue weighted by atomic mass is 32.1. The van der Waals surface area contributed by atoms with Crippen LogP contribution in [0.25, 0.3) is 0 Å². The second kappa shape index (κ2) is 7.84. The fraction of sp³-hybridized carbons (Fsp3) is 0.733. The summed E-state index contributed by atoms with van der Waals surface area (Å²) in [7, 11) is 1.76. The molecule has 1 aliphatic heterocycles. The Balaban J connectivity index is 2.04. The maximum absolute atomic E-state index is 12.2. The number of ether oxygens (including phenoxy) is 1. The third kappa shape index (κ3) is 4.23. The summed E-state index contributed by atoms with van der Waals surface area (Å²) in [5.41, 5.74) is 0.895. The molecular weight excluding hydrogens is 286 g/mol. The van der Waals surface area contributed by atoms with Gasteiger partial charge in [-0.3, -0.25) is 4.79 Å². The van der Waals surface area contributed by atoms with Crippen molar-refractivity contribution in [3.8, 4) is 0 Å². The van der Waals surface area contributed by atoms with Crippen LogP contribution in [0.4, 0.5) is 5.69 Å². The van der Waals surface area contributed by atoms with Gasteiger partial charge in [-0.25, -0.2) is 4.68 Å². The van der Waals surface area contributed by atoms with E-state index in [9.17, 15) is 4.79 Å². The van der Waals surface area contributed by atoms with E-state index in [0.717, 1.165) is 43.8 Å². The summed E-state index contributed by atoms with van der Waals surface area (Å²) < 4.78 is 6.92. The lowest BCUT2D eigenvalue weighted by molar-refractivity contribution is 0.0819. The van der Waals surface area contributed by atoms with Crippen molar-refractivity contribution >= 4 is 18.3 Å². The highest BCUT2D eigenvalue weighted by Gasteiger charge is 2.19. The molecule has 1 unspecified atom stereocenters. The molecule has 0 spiro atoms. The van der Waals surface area contributed by atoms with E-state index >= 15 is 0 Å². The van der Waals surface area contributed by atoms with Crippen LogP contribution >= 0.6 is 12.6 Å². The topological polar surface area (TPSA) is 47.4 Å². The van der Waals surface area contributed by atoms with Crippen LogP contribution in [0.3, 0.4) is 0 Å². The van der Waals surface area contributed by atoms with Crippen LogP contribution in [0.2, 0.25) is 0 Å². The van der Waals surface area contributed by atoms with Gasteiger partial charge in [0.1, 0.15) is 0 Å². The summed E-state index contributed by atoms with van der Waals surface area (Å²) in [6.45, 7) is 4.58. The number of nitrogens with zero attached hydrogens (tertiary/aromatic N) is 3. The zero-order valence-corrected chi connectivity index (χ0v) is 13.8. The molecule has 118 valence electrons. The predicted octanol–water partition coefficient (Wildman–Crippen LogP) is 1.81. The van der Waals surface area contributed by atoms with Crippen molar-refractivity contribution in [1.82, 2.24) is 9.78 Å². The first kappa shape index (κ1) is 16.4. The van der Waals surface area contributed by atoms with Gasteiger partial charge in [0.25, 0.3) is 5.56 Å². The number of rotatable bonds is 6. The lowest BCUT2D eigenvalue weighted by atomic mass is 10.1. The zero-order chi connectivity index (χ0) is 15.2. The number of hydrogen-bond donors (Lipinski definition) is 1. The van der Waals surface area contributed by atoms with Gasteiger partial charge in [-0.1, -0.05) is 13.3 Å². The summed E-state index contributed by atoms with van der Waals surface area (Å²) >= 11 is 4.32. The summed E-state index contributed by atoms with van der Waals surface area (Å²) in [4.78, 5) is 14.4. The van der Waals surface area contributed by atoms with Crippen molar-refractivity contribution in [2.24, 2.45) is 5.92 Å². The van der Waals surface area contributed by atoms with Gasteiger partial charge in [0.2, 0.25) is 0 Å². The SMILES string of the molecule is CCC(CS)Cn1ncc(N2CCC(OC)CC2)cc1=O. The van der Waals surface area contributed by atoms with Crippen LogP contribution in [-0.4, -0.2) is 41.8 Å². The minimum absolute atomic E-state index is 0.0263. The molecule has 1 aliphatic rings. The van der Waals surface area contributed by atoms with E-state index in [1.54, 1.807) is 24.1 Å². The van der Waals surface area contributed by atoms with Crippen molar-refractivity contribution in [3.05, 3.63) is 22.6 Å². The lowest BCUT2D eigenvalue weighted by Gasteiger charge is -2.32. The molecular formula is C15H25N3O2S. The van der Waals surface area contributed by atoms with Gasteiger partial charge in [0.05, 0.1) is 18.0 Å². The minimum atomic E-state index is -0.0263. The van der Waals surface area contributed by atoms with Gasteiger partial charge in [0, 0.05) is 32.8 Å². The molecule has 0 aliphatic carbocycles. The third-order valence-corrected chi connectivity index (χ3v) is 4.78. The first-order valence-electron chi connectivity index (χ1n) is 7.63. The van der Waals surface area contributed by atoms with E-state index in [4.69, 9.17) is 4.74 Å². The van der Waals surface area contributed by atoms with Crippen molar-refractivity contribution in [3.63, 3.8) is 0 Å². The Morgan fingerprint density at radius 3 is 2.71 bits per heavy atom. The van der Waals surface area contributed by atoms with Crippen molar-refractivity contribution in [2.75, 3.05) is 30.9 Å². The highest BCUT2D eigenvalue weighted by molar-refractivity contribution is 7.80. The van der Waals surface area contributed by atoms with E-state index < -0.39 is 0 Å². The maximum atomic E-state index is 12.2. The molecule has 1 aromatic heterocycles. The molecule has 5 nitrogen and oxygen atoms in total. The molecule has 0 amide bonds. The van der Waals surface area contributed by atoms with Gasteiger partial charge < -0.3 is 9.64 Å². The van der Waals surface area contributed by atoms with Gasteiger partial charge in [0.15, 0.2) is 0 Å². The second-order valence-electron chi connectivity index (χ2n) is 5.61. The molecule has 1 saturated heterocycles. The average Bonchev–Trinajstić information content (AvgIpc) is 2.54. The van der Waals surface area contributed by atoms with E-state index in [1.165, 1.54) is 0 Å². The predicted molar refractivity (Wildman–Crippen MR) is 88.4 cm³/mol. The van der Waals surface area contributed by atoms with E-state index in [-0.39, 0.29) is 5.56 Å². The van der Waals surface area contributed by atoms with Gasteiger partial charge in [-0.05, 0) is 24.5 Å². The molecule has 1 aromatic rings. The molecule has 0 radical (unpaired) electrons. The maximum Gasteiger partial charge on any atom is 0.268 e. The Bertz CT molecular complexity index is 494.